The number of carbonyl (C=O) groups is 1. The predicted molar refractivity (Wildman–Crippen MR) is 113 cm³/mol. The third-order valence-electron chi connectivity index (χ3n) is 9.09. The van der Waals surface area contributed by atoms with Crippen molar-refractivity contribution in [3.63, 3.8) is 0 Å². The normalized spacial score (nSPS) is 44.8. The number of hydrogen-bond acceptors (Lipinski definition) is 4. The highest BCUT2D eigenvalue weighted by Gasteiger charge is 2.61. The van der Waals surface area contributed by atoms with Crippen LogP contribution in [0.25, 0.3) is 0 Å². The van der Waals surface area contributed by atoms with Crippen molar-refractivity contribution in [3.05, 3.63) is 12.2 Å². The largest absolute Gasteiger partial charge is 0.389 e. The number of carbonyl (C=O) groups excluding carboxylic acids is 1. The van der Waals surface area contributed by atoms with Crippen LogP contribution in [0.4, 0.5) is 0 Å². The minimum absolute atomic E-state index is 0.0871. The van der Waals surface area contributed by atoms with Crippen LogP contribution in [-0.2, 0) is 9.63 Å². The minimum Gasteiger partial charge on any atom is -0.389 e. The first-order chi connectivity index (χ1) is 13.1. The number of oxime groups is 1. The predicted octanol–water partition coefficient (Wildman–Crippen LogP) is 4.87. The molecule has 0 aromatic carbocycles. The van der Waals surface area contributed by atoms with Gasteiger partial charge >= 0.3 is 0 Å². The van der Waals surface area contributed by atoms with Crippen molar-refractivity contribution in [2.45, 2.75) is 84.7 Å². The topological polar surface area (TPSA) is 64.7 Å². The van der Waals surface area contributed by atoms with E-state index in [0.717, 1.165) is 38.5 Å². The molecular formula is C24H38N2O2. The Morgan fingerprint density at radius 2 is 1.93 bits per heavy atom. The second kappa shape index (κ2) is 6.68. The third kappa shape index (κ3) is 2.98. The molecule has 0 amide bonds. The first kappa shape index (κ1) is 20.1. The van der Waals surface area contributed by atoms with E-state index in [4.69, 9.17) is 10.6 Å². The summed E-state index contributed by atoms with van der Waals surface area (Å²) >= 11 is 0. The molecule has 0 aromatic heterocycles. The molecule has 4 aliphatic carbocycles. The van der Waals surface area contributed by atoms with Gasteiger partial charge in [0.15, 0.2) is 0 Å². The number of nitrogens with two attached hydrogens (primary N) is 1. The van der Waals surface area contributed by atoms with Crippen LogP contribution in [0.1, 0.15) is 79.1 Å². The van der Waals surface area contributed by atoms with E-state index < -0.39 is 5.60 Å². The van der Waals surface area contributed by atoms with E-state index >= 15 is 0 Å². The highest BCUT2D eigenvalue weighted by Crippen LogP contribution is 2.66. The zero-order chi connectivity index (χ0) is 20.3. The van der Waals surface area contributed by atoms with Gasteiger partial charge in [-0.25, -0.2) is 0 Å². The van der Waals surface area contributed by atoms with Gasteiger partial charge < -0.3 is 10.6 Å². The Hall–Kier alpha value is -1.16. The maximum Gasteiger partial charge on any atom is 0.144 e. The number of ketones is 1. The van der Waals surface area contributed by atoms with Crippen LogP contribution >= 0.6 is 0 Å². The summed E-state index contributed by atoms with van der Waals surface area (Å²) in [7, 11) is 0. The van der Waals surface area contributed by atoms with Crippen molar-refractivity contribution in [3.8, 4) is 0 Å². The van der Waals surface area contributed by atoms with Gasteiger partial charge in [0.05, 0.1) is 5.71 Å². The van der Waals surface area contributed by atoms with Crippen molar-refractivity contribution < 1.29 is 9.63 Å². The van der Waals surface area contributed by atoms with Gasteiger partial charge in [-0.1, -0.05) is 31.2 Å². The summed E-state index contributed by atoms with van der Waals surface area (Å²) in [6.07, 6.45) is 8.39. The maximum absolute atomic E-state index is 12.6. The van der Waals surface area contributed by atoms with Gasteiger partial charge in [0.1, 0.15) is 11.4 Å². The average molecular weight is 387 g/mol. The fraction of sp³-hybridized carbons (Fsp3) is 0.833. The molecule has 0 heterocycles. The van der Waals surface area contributed by atoms with E-state index in [2.05, 4.69) is 25.6 Å². The van der Waals surface area contributed by atoms with Gasteiger partial charge in [-0.15, -0.1) is 0 Å². The molecule has 4 nitrogen and oxygen atoms in total. The molecule has 4 saturated carbocycles. The second-order valence-electron chi connectivity index (χ2n) is 11.1. The van der Waals surface area contributed by atoms with Crippen molar-refractivity contribution in [2.24, 2.45) is 45.4 Å². The number of nitrogens with zero attached hydrogens (tertiary/aromatic N) is 1. The summed E-state index contributed by atoms with van der Waals surface area (Å²) < 4.78 is 0. The summed E-state index contributed by atoms with van der Waals surface area (Å²) in [5, 5.41) is 4.51. The molecule has 6 atom stereocenters. The second-order valence-corrected chi connectivity index (χ2v) is 11.1. The Labute approximate surface area is 170 Å². The Balaban J connectivity index is 1.55. The fourth-order valence-electron chi connectivity index (χ4n) is 7.01. The minimum atomic E-state index is -0.405. The van der Waals surface area contributed by atoms with Crippen molar-refractivity contribution in [1.29, 1.82) is 0 Å². The lowest BCUT2D eigenvalue weighted by Gasteiger charge is -2.60. The Morgan fingerprint density at radius 3 is 2.64 bits per heavy atom. The highest BCUT2D eigenvalue weighted by molar-refractivity contribution is 5.87. The van der Waals surface area contributed by atoms with E-state index in [0.29, 0.717) is 41.4 Å². The average Bonchev–Trinajstić information content (AvgIpc) is 2.96. The number of fused-ring (bicyclic) bond motifs is 5. The standard InChI is InChI=1S/C24H38N2O2/c1-15-12-16-13-17(26-28-22(2,3)14-25)8-10-23(16,4)19-9-11-24(5)18(21(15)19)6-7-20(24)27/h16,18-19,21H,1,6-14,25H2,2-5H3/t16?,18-,19-,21-,23-,24-/m0/s1. The molecule has 4 rings (SSSR count). The van der Waals surface area contributed by atoms with Gasteiger partial charge in [-0.05, 0) is 87.9 Å². The summed E-state index contributed by atoms with van der Waals surface area (Å²) in [6, 6.07) is 0. The third-order valence-corrected chi connectivity index (χ3v) is 9.09. The zero-order valence-corrected chi connectivity index (χ0v) is 18.2. The van der Waals surface area contributed by atoms with Gasteiger partial charge in [-0.3, -0.25) is 4.79 Å². The van der Waals surface area contributed by atoms with Gasteiger partial charge in [0.25, 0.3) is 0 Å². The van der Waals surface area contributed by atoms with Crippen LogP contribution in [0.5, 0.6) is 0 Å². The number of allylic oxidation sites excluding steroid dienone is 1. The Bertz CT molecular complexity index is 711. The van der Waals surface area contributed by atoms with Crippen molar-refractivity contribution >= 4 is 11.5 Å². The van der Waals surface area contributed by atoms with Crippen LogP contribution in [0.15, 0.2) is 17.3 Å². The molecule has 0 bridgehead atoms. The molecular weight excluding hydrogens is 348 g/mol. The molecule has 2 N–H and O–H groups in total. The van der Waals surface area contributed by atoms with Crippen LogP contribution in [0.3, 0.4) is 0 Å². The van der Waals surface area contributed by atoms with Crippen molar-refractivity contribution in [2.75, 3.05) is 6.54 Å². The van der Waals surface area contributed by atoms with E-state index in [1.165, 1.54) is 24.1 Å². The summed E-state index contributed by atoms with van der Waals surface area (Å²) in [6.45, 7) is 13.8. The molecule has 156 valence electrons. The Kier molecular flexibility index (Phi) is 4.80. The summed E-state index contributed by atoms with van der Waals surface area (Å²) in [4.78, 5) is 18.4. The summed E-state index contributed by atoms with van der Waals surface area (Å²) in [5.74, 6) is 2.84. The van der Waals surface area contributed by atoms with Gasteiger partial charge in [-0.2, -0.15) is 0 Å². The lowest BCUT2D eigenvalue weighted by molar-refractivity contribution is -0.133. The summed E-state index contributed by atoms with van der Waals surface area (Å²) in [5.41, 5.74) is 8.21. The molecule has 0 radical (unpaired) electrons. The van der Waals surface area contributed by atoms with Gasteiger partial charge in [0, 0.05) is 18.4 Å². The number of rotatable bonds is 3. The van der Waals surface area contributed by atoms with Crippen molar-refractivity contribution in [1.82, 2.24) is 0 Å². The Morgan fingerprint density at radius 1 is 1.18 bits per heavy atom. The lowest BCUT2D eigenvalue weighted by atomic mass is 9.44. The molecule has 1 unspecified atom stereocenters. The van der Waals surface area contributed by atoms with Crippen LogP contribution in [0.2, 0.25) is 0 Å². The first-order valence-electron chi connectivity index (χ1n) is 11.3. The first-order valence-corrected chi connectivity index (χ1v) is 11.3. The number of Topliss-reactive ketones (excluding diaryl/α,β-unsaturated/α-hetero) is 1. The SMILES string of the molecule is C=C1CC2CC(=NOC(C)(C)CN)CC[C@]2(C)[C@H]2CC[C@]3(C)C(=O)CC[C@H]3[C@H]12. The molecule has 28 heavy (non-hydrogen) atoms. The van der Waals surface area contributed by atoms with Crippen LogP contribution < -0.4 is 5.73 Å². The van der Waals surface area contributed by atoms with E-state index in [1.807, 2.05) is 13.8 Å². The highest BCUT2D eigenvalue weighted by atomic mass is 16.6. The lowest BCUT2D eigenvalue weighted by Crippen LogP contribution is -2.54. The molecule has 0 aromatic rings. The van der Waals surface area contributed by atoms with Crippen LogP contribution in [0, 0.1) is 34.5 Å². The van der Waals surface area contributed by atoms with Gasteiger partial charge in [0.2, 0.25) is 0 Å². The quantitative estimate of drug-likeness (QED) is 0.556. The molecule has 4 aliphatic rings. The van der Waals surface area contributed by atoms with E-state index in [1.54, 1.807) is 0 Å². The molecule has 0 saturated heterocycles. The molecule has 0 aliphatic heterocycles. The van der Waals surface area contributed by atoms with Crippen LogP contribution in [-0.4, -0.2) is 23.6 Å². The monoisotopic (exact) mass is 386 g/mol. The zero-order valence-electron chi connectivity index (χ0n) is 18.2. The molecule has 4 heteroatoms. The number of hydrogen-bond donors (Lipinski definition) is 1. The molecule has 0 spiro atoms. The van der Waals surface area contributed by atoms with E-state index in [9.17, 15) is 4.79 Å². The maximum atomic E-state index is 12.6. The van der Waals surface area contributed by atoms with E-state index in [-0.39, 0.29) is 5.41 Å². The molecule has 4 fully saturated rings. The fourth-order valence-corrected chi connectivity index (χ4v) is 7.01. The smallest absolute Gasteiger partial charge is 0.144 e.